The lowest BCUT2D eigenvalue weighted by molar-refractivity contribution is 1.06. The van der Waals surface area contributed by atoms with E-state index in [1.165, 1.54) is 5.56 Å². The molecule has 0 atom stereocenters. The normalized spacial score (nSPS) is 11.0. The van der Waals surface area contributed by atoms with Gasteiger partial charge in [0.25, 0.3) is 0 Å². The van der Waals surface area contributed by atoms with Gasteiger partial charge in [0, 0.05) is 18.1 Å². The average Bonchev–Trinajstić information content (AvgIpc) is 3.09. The van der Waals surface area contributed by atoms with Crippen molar-refractivity contribution in [2.75, 3.05) is 5.43 Å². The predicted octanol–water partition coefficient (Wildman–Crippen LogP) is 4.44. The zero-order chi connectivity index (χ0) is 15.4. The summed E-state index contributed by atoms with van der Waals surface area (Å²) in [7, 11) is 0. The molecule has 0 unspecified atom stereocenters. The molecule has 23 heavy (non-hydrogen) atoms. The van der Waals surface area contributed by atoms with Crippen LogP contribution in [0.1, 0.15) is 18.1 Å². The number of rotatable bonds is 4. The Bertz CT molecular complexity index is 760. The van der Waals surface area contributed by atoms with Crippen molar-refractivity contribution in [1.82, 2.24) is 9.55 Å². The maximum atomic E-state index is 4.43. The van der Waals surface area contributed by atoms with E-state index in [9.17, 15) is 0 Å². The number of aryl methyl sites for hydroxylation is 1. The number of aromatic nitrogens is 2. The second kappa shape index (κ2) is 7.61. The molecular formula is C18H19ClN4. The monoisotopic (exact) mass is 326 g/mol. The zero-order valence-electron chi connectivity index (χ0n) is 13.1. The minimum Gasteiger partial charge on any atom is -0.306 e. The van der Waals surface area contributed by atoms with Gasteiger partial charge in [-0.15, -0.1) is 12.4 Å². The number of hydrazone groups is 1. The number of hydrogen-bond acceptors (Lipinski definition) is 3. The van der Waals surface area contributed by atoms with E-state index < -0.39 is 0 Å². The molecule has 4 nitrogen and oxygen atoms in total. The van der Waals surface area contributed by atoms with Crippen LogP contribution in [0.2, 0.25) is 0 Å². The predicted molar refractivity (Wildman–Crippen MR) is 97.8 cm³/mol. The summed E-state index contributed by atoms with van der Waals surface area (Å²) in [6, 6.07) is 16.4. The van der Waals surface area contributed by atoms with E-state index in [-0.39, 0.29) is 12.4 Å². The van der Waals surface area contributed by atoms with Crippen LogP contribution in [0.3, 0.4) is 0 Å². The highest BCUT2D eigenvalue weighted by atomic mass is 35.5. The summed E-state index contributed by atoms with van der Waals surface area (Å²) in [5, 5.41) is 4.43. The Labute approximate surface area is 142 Å². The Morgan fingerprint density at radius 1 is 1.04 bits per heavy atom. The summed E-state index contributed by atoms with van der Waals surface area (Å²) in [6.07, 6.45) is 5.48. The lowest BCUT2D eigenvalue weighted by Crippen LogP contribution is -2.00. The molecule has 5 heteroatoms. The van der Waals surface area contributed by atoms with Crippen molar-refractivity contribution in [1.29, 1.82) is 0 Å². The first kappa shape index (κ1) is 16.8. The molecule has 0 aliphatic carbocycles. The summed E-state index contributed by atoms with van der Waals surface area (Å²) in [5.41, 5.74) is 8.42. The third kappa shape index (κ3) is 4.20. The Morgan fingerprint density at radius 3 is 2.35 bits per heavy atom. The van der Waals surface area contributed by atoms with Crippen molar-refractivity contribution in [2.45, 2.75) is 13.8 Å². The maximum absolute atomic E-state index is 4.43. The van der Waals surface area contributed by atoms with E-state index in [2.05, 4.69) is 58.8 Å². The van der Waals surface area contributed by atoms with Crippen LogP contribution in [-0.4, -0.2) is 15.3 Å². The minimum atomic E-state index is 0. The van der Waals surface area contributed by atoms with Crippen molar-refractivity contribution in [3.63, 3.8) is 0 Å². The molecule has 0 fully saturated rings. The van der Waals surface area contributed by atoms with Crippen molar-refractivity contribution < 1.29 is 0 Å². The summed E-state index contributed by atoms with van der Waals surface area (Å²) in [5.74, 6) is 0. The lowest BCUT2D eigenvalue weighted by atomic mass is 10.1. The van der Waals surface area contributed by atoms with Crippen LogP contribution in [0, 0.1) is 6.92 Å². The third-order valence-corrected chi connectivity index (χ3v) is 3.49. The van der Waals surface area contributed by atoms with Crippen LogP contribution in [0.5, 0.6) is 0 Å². The highest BCUT2D eigenvalue weighted by Crippen LogP contribution is 2.12. The van der Waals surface area contributed by atoms with Gasteiger partial charge in [-0.05, 0) is 43.7 Å². The van der Waals surface area contributed by atoms with Gasteiger partial charge in [-0.1, -0.05) is 29.8 Å². The van der Waals surface area contributed by atoms with Crippen molar-refractivity contribution >= 4 is 23.8 Å². The first-order valence-electron chi connectivity index (χ1n) is 7.18. The lowest BCUT2D eigenvalue weighted by Gasteiger charge is -2.06. The van der Waals surface area contributed by atoms with E-state index in [0.29, 0.717) is 0 Å². The molecule has 0 saturated heterocycles. The summed E-state index contributed by atoms with van der Waals surface area (Å²) >= 11 is 0. The van der Waals surface area contributed by atoms with E-state index in [4.69, 9.17) is 0 Å². The van der Waals surface area contributed by atoms with Gasteiger partial charge in [-0.3, -0.25) is 5.43 Å². The molecule has 1 heterocycles. The quantitative estimate of drug-likeness (QED) is 0.569. The SMILES string of the molecule is C/C(=N\Nc1ccc(C)cc1)c1ccc(-n2ccnc2)cc1.Cl. The molecule has 0 aliphatic rings. The molecule has 0 saturated carbocycles. The van der Waals surface area contributed by atoms with E-state index in [0.717, 1.165) is 22.6 Å². The third-order valence-electron chi connectivity index (χ3n) is 3.49. The Kier molecular flexibility index (Phi) is 5.55. The van der Waals surface area contributed by atoms with Crippen LogP contribution in [-0.2, 0) is 0 Å². The number of anilines is 1. The van der Waals surface area contributed by atoms with Crippen molar-refractivity contribution in [3.05, 3.63) is 78.4 Å². The number of imidazole rings is 1. The molecule has 0 amide bonds. The molecule has 0 aliphatic heterocycles. The van der Waals surface area contributed by atoms with E-state index in [1.54, 1.807) is 12.5 Å². The number of benzene rings is 2. The van der Waals surface area contributed by atoms with Gasteiger partial charge < -0.3 is 4.57 Å². The Balaban J connectivity index is 0.00000192. The molecule has 1 N–H and O–H groups in total. The van der Waals surface area contributed by atoms with Gasteiger partial charge in [0.1, 0.15) is 0 Å². The van der Waals surface area contributed by atoms with Gasteiger partial charge in [0.2, 0.25) is 0 Å². The average molecular weight is 327 g/mol. The van der Waals surface area contributed by atoms with Crippen LogP contribution >= 0.6 is 12.4 Å². The standard InChI is InChI=1S/C18H18N4.ClH/c1-14-3-7-17(8-4-14)21-20-15(2)16-5-9-18(10-6-16)22-12-11-19-13-22;/h3-13,21H,1-2H3;1H/b20-15+;. The smallest absolute Gasteiger partial charge is 0.0991 e. The van der Waals surface area contributed by atoms with Crippen LogP contribution in [0.15, 0.2) is 72.4 Å². The molecule has 3 aromatic rings. The van der Waals surface area contributed by atoms with Crippen LogP contribution in [0.25, 0.3) is 5.69 Å². The molecule has 0 bridgehead atoms. The van der Waals surface area contributed by atoms with Gasteiger partial charge in [0.05, 0.1) is 17.7 Å². The molecule has 3 rings (SSSR count). The van der Waals surface area contributed by atoms with Crippen LogP contribution in [0.4, 0.5) is 5.69 Å². The fourth-order valence-corrected chi connectivity index (χ4v) is 2.13. The number of halogens is 1. The second-order valence-electron chi connectivity index (χ2n) is 5.19. The van der Waals surface area contributed by atoms with Crippen LogP contribution < -0.4 is 5.43 Å². The highest BCUT2D eigenvalue weighted by molar-refractivity contribution is 5.99. The summed E-state index contributed by atoms with van der Waals surface area (Å²) in [4.78, 5) is 4.05. The van der Waals surface area contributed by atoms with Gasteiger partial charge in [0.15, 0.2) is 0 Å². The largest absolute Gasteiger partial charge is 0.306 e. The van der Waals surface area contributed by atoms with Crippen molar-refractivity contribution in [3.8, 4) is 5.69 Å². The van der Waals surface area contributed by atoms with Gasteiger partial charge in [-0.2, -0.15) is 5.10 Å². The van der Waals surface area contributed by atoms with Gasteiger partial charge in [-0.25, -0.2) is 4.98 Å². The fraction of sp³-hybridized carbons (Fsp3) is 0.111. The molecule has 0 spiro atoms. The molecular weight excluding hydrogens is 308 g/mol. The first-order chi connectivity index (χ1) is 10.7. The molecule has 0 radical (unpaired) electrons. The topological polar surface area (TPSA) is 42.2 Å². The maximum Gasteiger partial charge on any atom is 0.0991 e. The van der Waals surface area contributed by atoms with Crippen molar-refractivity contribution in [2.24, 2.45) is 5.10 Å². The molecule has 2 aromatic carbocycles. The number of nitrogens with one attached hydrogen (secondary N) is 1. The number of nitrogens with zero attached hydrogens (tertiary/aromatic N) is 3. The zero-order valence-corrected chi connectivity index (χ0v) is 13.9. The molecule has 1 aromatic heterocycles. The van der Waals surface area contributed by atoms with E-state index >= 15 is 0 Å². The first-order valence-corrected chi connectivity index (χ1v) is 7.18. The Morgan fingerprint density at radius 2 is 1.74 bits per heavy atom. The summed E-state index contributed by atoms with van der Waals surface area (Å²) in [6.45, 7) is 4.06. The highest BCUT2D eigenvalue weighted by Gasteiger charge is 2.00. The van der Waals surface area contributed by atoms with Gasteiger partial charge >= 0.3 is 0 Å². The summed E-state index contributed by atoms with van der Waals surface area (Å²) < 4.78 is 1.97. The number of hydrogen-bond donors (Lipinski definition) is 1. The Hall–Kier alpha value is -2.59. The second-order valence-corrected chi connectivity index (χ2v) is 5.19. The minimum absolute atomic E-state index is 0. The molecule has 118 valence electrons. The van der Waals surface area contributed by atoms with E-state index in [1.807, 2.05) is 29.8 Å². The fourth-order valence-electron chi connectivity index (χ4n) is 2.13.